The Kier molecular flexibility index (Phi) is 2.28. The molecule has 1 aromatic rings. The lowest BCUT2D eigenvalue weighted by Gasteiger charge is -1.98. The van der Waals surface area contributed by atoms with E-state index in [9.17, 15) is 0 Å². The van der Waals surface area contributed by atoms with Gasteiger partial charge < -0.3 is 9.88 Å². The fourth-order valence-corrected chi connectivity index (χ4v) is 0.674. The maximum Gasteiger partial charge on any atom is 0.158 e. The van der Waals surface area contributed by atoms with Crippen LogP contribution in [-0.2, 0) is 6.67 Å². The average molecular weight is 148 g/mol. The van der Waals surface area contributed by atoms with Crippen molar-refractivity contribution in [2.75, 3.05) is 0 Å². The van der Waals surface area contributed by atoms with E-state index >= 15 is 0 Å². The van der Waals surface area contributed by atoms with Gasteiger partial charge in [0, 0.05) is 6.20 Å². The van der Waals surface area contributed by atoms with E-state index in [-0.39, 0.29) is 0 Å². The molecule has 0 bridgehead atoms. The number of aromatic nitrogens is 2. The first-order valence-electron chi connectivity index (χ1n) is 3.13. The van der Waals surface area contributed by atoms with Crippen LogP contribution >= 0.6 is 0 Å². The molecule has 0 fully saturated rings. The van der Waals surface area contributed by atoms with Crippen LogP contribution in [0.1, 0.15) is 5.69 Å². The molecular weight excluding hydrogens is 140 g/mol. The van der Waals surface area contributed by atoms with Crippen molar-refractivity contribution in [1.29, 1.82) is 5.26 Å². The molecule has 0 spiro atoms. The van der Waals surface area contributed by atoms with Crippen molar-refractivity contribution in [3.05, 3.63) is 31.0 Å². The third kappa shape index (κ3) is 1.83. The van der Waals surface area contributed by atoms with Crippen molar-refractivity contribution in [1.82, 2.24) is 14.9 Å². The van der Waals surface area contributed by atoms with Crippen molar-refractivity contribution >= 4 is 0 Å². The first kappa shape index (κ1) is 7.35. The Balaban J connectivity index is 2.59. The highest BCUT2D eigenvalue weighted by Crippen LogP contribution is 1.91. The number of nitrogens with zero attached hydrogens (tertiary/aromatic N) is 3. The monoisotopic (exact) mass is 148 g/mol. The number of hydrogen-bond donors (Lipinski definition) is 1. The standard InChI is InChI=1S/C7H8N4/c1-2-9-5-11-4-7(3-8)10-6-11/h2,4,6,9H,1,5H2. The van der Waals surface area contributed by atoms with Crippen LogP contribution in [0.4, 0.5) is 0 Å². The van der Waals surface area contributed by atoms with Crippen LogP contribution in [0.5, 0.6) is 0 Å². The summed E-state index contributed by atoms with van der Waals surface area (Å²) in [6.07, 6.45) is 4.84. The van der Waals surface area contributed by atoms with E-state index < -0.39 is 0 Å². The van der Waals surface area contributed by atoms with Crippen molar-refractivity contribution in [3.63, 3.8) is 0 Å². The van der Waals surface area contributed by atoms with Gasteiger partial charge in [0.2, 0.25) is 0 Å². The topological polar surface area (TPSA) is 53.6 Å². The molecular formula is C7H8N4. The lowest BCUT2D eigenvalue weighted by molar-refractivity contribution is 0.643. The molecule has 4 heteroatoms. The van der Waals surface area contributed by atoms with E-state index in [0.29, 0.717) is 12.4 Å². The minimum Gasteiger partial charge on any atom is -0.374 e. The van der Waals surface area contributed by atoms with Gasteiger partial charge in [0.1, 0.15) is 6.07 Å². The third-order valence-corrected chi connectivity index (χ3v) is 1.17. The van der Waals surface area contributed by atoms with Gasteiger partial charge in [-0.05, 0) is 6.20 Å². The second-order valence-corrected chi connectivity index (χ2v) is 1.95. The molecule has 0 radical (unpaired) electrons. The summed E-state index contributed by atoms with van der Waals surface area (Å²) in [5.74, 6) is 0. The predicted octanol–water partition coefficient (Wildman–Crippen LogP) is 0.445. The first-order valence-corrected chi connectivity index (χ1v) is 3.13. The molecule has 0 aliphatic heterocycles. The SMILES string of the molecule is C=CNCn1cnc(C#N)c1. The molecule has 0 aliphatic carbocycles. The Morgan fingerprint density at radius 3 is 3.27 bits per heavy atom. The average Bonchev–Trinajstić information content (AvgIpc) is 2.48. The molecule has 56 valence electrons. The summed E-state index contributed by atoms with van der Waals surface area (Å²) in [4.78, 5) is 3.82. The quantitative estimate of drug-likeness (QED) is 0.676. The van der Waals surface area contributed by atoms with E-state index in [1.54, 1.807) is 23.3 Å². The molecule has 4 nitrogen and oxygen atoms in total. The van der Waals surface area contributed by atoms with Crippen molar-refractivity contribution in [3.8, 4) is 6.07 Å². The number of imidazole rings is 1. The lowest BCUT2D eigenvalue weighted by Crippen LogP contribution is -2.09. The fourth-order valence-electron chi connectivity index (χ4n) is 0.674. The van der Waals surface area contributed by atoms with Gasteiger partial charge >= 0.3 is 0 Å². The van der Waals surface area contributed by atoms with E-state index in [1.807, 2.05) is 6.07 Å². The molecule has 1 rings (SSSR count). The molecule has 0 aromatic carbocycles. The van der Waals surface area contributed by atoms with Gasteiger partial charge in [-0.15, -0.1) is 0 Å². The molecule has 0 saturated carbocycles. The molecule has 0 amide bonds. The zero-order chi connectivity index (χ0) is 8.10. The number of rotatable bonds is 3. The highest BCUT2D eigenvalue weighted by atomic mass is 15.1. The van der Waals surface area contributed by atoms with Gasteiger partial charge in [0.15, 0.2) is 5.69 Å². The third-order valence-electron chi connectivity index (χ3n) is 1.17. The van der Waals surface area contributed by atoms with Gasteiger partial charge in [0.25, 0.3) is 0 Å². The lowest BCUT2D eigenvalue weighted by atomic mass is 10.5. The van der Waals surface area contributed by atoms with Crippen LogP contribution in [0.25, 0.3) is 0 Å². The molecule has 1 aromatic heterocycles. The largest absolute Gasteiger partial charge is 0.374 e. The van der Waals surface area contributed by atoms with E-state index in [4.69, 9.17) is 5.26 Å². The second kappa shape index (κ2) is 3.42. The van der Waals surface area contributed by atoms with Crippen molar-refractivity contribution in [2.45, 2.75) is 6.67 Å². The minimum absolute atomic E-state index is 0.427. The summed E-state index contributed by atoms with van der Waals surface area (Å²) < 4.78 is 1.76. The zero-order valence-electron chi connectivity index (χ0n) is 5.99. The predicted molar refractivity (Wildman–Crippen MR) is 40.3 cm³/mol. The molecule has 0 aliphatic rings. The molecule has 0 atom stereocenters. The van der Waals surface area contributed by atoms with Gasteiger partial charge in [-0.1, -0.05) is 6.58 Å². The normalized spacial score (nSPS) is 8.64. The van der Waals surface area contributed by atoms with Gasteiger partial charge in [0.05, 0.1) is 13.0 Å². The van der Waals surface area contributed by atoms with E-state index in [0.717, 1.165) is 0 Å². The highest BCUT2D eigenvalue weighted by Gasteiger charge is 1.93. The van der Waals surface area contributed by atoms with Crippen molar-refractivity contribution in [2.24, 2.45) is 0 Å². The molecule has 1 N–H and O–H groups in total. The van der Waals surface area contributed by atoms with Crippen molar-refractivity contribution < 1.29 is 0 Å². The molecule has 1 heterocycles. The first-order chi connectivity index (χ1) is 5.36. The maximum absolute atomic E-state index is 8.41. The second-order valence-electron chi connectivity index (χ2n) is 1.95. The summed E-state index contributed by atoms with van der Waals surface area (Å²) in [6, 6.07) is 1.94. The summed E-state index contributed by atoms with van der Waals surface area (Å²) >= 11 is 0. The minimum atomic E-state index is 0.427. The molecule has 0 unspecified atom stereocenters. The van der Waals surface area contributed by atoms with Crippen LogP contribution in [0.2, 0.25) is 0 Å². The molecule has 0 saturated heterocycles. The van der Waals surface area contributed by atoms with Gasteiger partial charge in [-0.2, -0.15) is 5.26 Å². The van der Waals surface area contributed by atoms with E-state index in [1.165, 1.54) is 0 Å². The summed E-state index contributed by atoms with van der Waals surface area (Å²) in [7, 11) is 0. The number of hydrogen-bond acceptors (Lipinski definition) is 3. The summed E-state index contributed by atoms with van der Waals surface area (Å²) in [5, 5.41) is 11.3. The Morgan fingerprint density at radius 1 is 1.91 bits per heavy atom. The van der Waals surface area contributed by atoms with Crippen LogP contribution in [0.15, 0.2) is 25.3 Å². The van der Waals surface area contributed by atoms with Gasteiger partial charge in [-0.25, -0.2) is 4.98 Å². The van der Waals surface area contributed by atoms with Crippen LogP contribution in [-0.4, -0.2) is 9.55 Å². The fraction of sp³-hybridized carbons (Fsp3) is 0.143. The Hall–Kier alpha value is -1.76. The van der Waals surface area contributed by atoms with Crippen LogP contribution in [0.3, 0.4) is 0 Å². The smallest absolute Gasteiger partial charge is 0.158 e. The molecule has 11 heavy (non-hydrogen) atoms. The Bertz CT molecular complexity index is 281. The Labute approximate surface area is 64.8 Å². The number of nitrogens with one attached hydrogen (secondary N) is 1. The van der Waals surface area contributed by atoms with Gasteiger partial charge in [-0.3, -0.25) is 0 Å². The highest BCUT2D eigenvalue weighted by molar-refractivity contribution is 5.15. The Morgan fingerprint density at radius 2 is 2.73 bits per heavy atom. The van der Waals surface area contributed by atoms with Crippen LogP contribution in [0, 0.1) is 11.3 Å². The zero-order valence-corrected chi connectivity index (χ0v) is 5.99. The van der Waals surface area contributed by atoms with E-state index in [2.05, 4.69) is 16.9 Å². The van der Waals surface area contributed by atoms with Crippen LogP contribution < -0.4 is 5.32 Å². The summed E-state index contributed by atoms with van der Waals surface area (Å²) in [5.41, 5.74) is 0.427. The maximum atomic E-state index is 8.41. The summed E-state index contributed by atoms with van der Waals surface area (Å²) in [6.45, 7) is 4.09. The number of nitriles is 1.